The van der Waals surface area contributed by atoms with Gasteiger partial charge in [-0.2, -0.15) is 0 Å². The van der Waals surface area contributed by atoms with E-state index in [0.717, 1.165) is 15.8 Å². The monoisotopic (exact) mass is 417 g/mol. The van der Waals surface area contributed by atoms with Gasteiger partial charge in [-0.15, -0.1) is 11.3 Å². The van der Waals surface area contributed by atoms with Crippen LogP contribution in [0.5, 0.6) is 0 Å². The molecule has 1 aromatic heterocycles. The fraction of sp³-hybridized carbons (Fsp3) is 0.250. The van der Waals surface area contributed by atoms with E-state index < -0.39 is 18.1 Å². The number of hydrogen-bond acceptors (Lipinski definition) is 4. The number of alkyl halides is 1. The van der Waals surface area contributed by atoms with Crippen LogP contribution in [-0.4, -0.2) is 35.6 Å². The molecule has 4 rings (SSSR count). The number of fused-ring (bicyclic) bond motifs is 1. The van der Waals surface area contributed by atoms with E-state index in [0.29, 0.717) is 22.0 Å². The first-order chi connectivity index (χ1) is 13.5. The van der Waals surface area contributed by atoms with Crippen LogP contribution in [0.1, 0.15) is 11.4 Å². The molecule has 0 saturated heterocycles. The smallest absolute Gasteiger partial charge is 0.239 e. The fourth-order valence-electron chi connectivity index (χ4n) is 2.86. The Morgan fingerprint density at radius 1 is 1.18 bits per heavy atom. The minimum Gasteiger partial charge on any atom is -0.349 e. The number of rotatable bonds is 6. The lowest BCUT2D eigenvalue weighted by Crippen LogP contribution is -2.39. The second-order valence-corrected chi connectivity index (χ2v) is 8.18. The number of nitrogens with one attached hydrogen (secondary N) is 2. The molecular formula is C20H17ClFN3O2S. The van der Waals surface area contributed by atoms with Crippen LogP contribution in [0.3, 0.4) is 0 Å². The topological polar surface area (TPSA) is 71.1 Å². The number of hydrogen-bond donors (Lipinski definition) is 2. The molecule has 0 radical (unpaired) electrons. The lowest BCUT2D eigenvalue weighted by Gasteiger charge is -2.04. The molecule has 5 nitrogen and oxygen atoms in total. The molecule has 1 fully saturated rings. The lowest BCUT2D eigenvalue weighted by molar-refractivity contribution is -0.125. The zero-order valence-corrected chi connectivity index (χ0v) is 16.3. The van der Waals surface area contributed by atoms with Crippen LogP contribution in [0.25, 0.3) is 21.3 Å². The molecule has 2 N–H and O–H groups in total. The summed E-state index contributed by atoms with van der Waals surface area (Å²) in [5, 5.41) is 6.20. The molecule has 144 valence electrons. The third-order valence-electron chi connectivity index (χ3n) is 4.42. The van der Waals surface area contributed by atoms with Crippen molar-refractivity contribution >= 4 is 45.0 Å². The number of amides is 2. The van der Waals surface area contributed by atoms with Gasteiger partial charge in [0.25, 0.3) is 0 Å². The molecule has 2 atom stereocenters. The van der Waals surface area contributed by atoms with E-state index in [1.807, 2.05) is 42.5 Å². The van der Waals surface area contributed by atoms with E-state index in [4.69, 9.17) is 11.6 Å². The summed E-state index contributed by atoms with van der Waals surface area (Å²) in [6, 6.07) is 13.3. The predicted molar refractivity (Wildman–Crippen MR) is 108 cm³/mol. The quantitative estimate of drug-likeness (QED) is 0.644. The predicted octanol–water partition coefficient (Wildman–Crippen LogP) is 3.50. The molecule has 8 heteroatoms. The maximum Gasteiger partial charge on any atom is 0.239 e. The summed E-state index contributed by atoms with van der Waals surface area (Å²) in [5.41, 5.74) is 2.70. The highest BCUT2D eigenvalue weighted by atomic mass is 35.5. The summed E-state index contributed by atoms with van der Waals surface area (Å²) in [6.45, 7) is -0.175. The standard InChI is InChI=1S/C20H17ClFN3O2S/c21-13-6-12(11-4-2-1-3-5-11)7-16-20(13)25-19(28-16)9-17(26)23-10-18(27)24-15-8-14(15)22/h1-7,14-15H,8-10H2,(H,23,26)(H,24,27)/t14-,15+/m1/s1. The maximum atomic E-state index is 12.8. The number of halogens is 2. The summed E-state index contributed by atoms with van der Waals surface area (Å²) in [5.74, 6) is -0.709. The molecule has 1 heterocycles. The molecule has 28 heavy (non-hydrogen) atoms. The maximum absolute atomic E-state index is 12.8. The zero-order chi connectivity index (χ0) is 19.7. The van der Waals surface area contributed by atoms with Crippen LogP contribution in [-0.2, 0) is 16.0 Å². The van der Waals surface area contributed by atoms with Gasteiger partial charge in [0.15, 0.2) is 0 Å². The van der Waals surface area contributed by atoms with Crippen LogP contribution in [0.4, 0.5) is 4.39 Å². The summed E-state index contributed by atoms with van der Waals surface area (Å²) in [7, 11) is 0. The highest BCUT2D eigenvalue weighted by Gasteiger charge is 2.38. The number of carbonyl (C=O) groups excluding carboxylic acids is 2. The normalized spacial score (nSPS) is 18.1. The highest BCUT2D eigenvalue weighted by Crippen LogP contribution is 2.34. The Balaban J connectivity index is 1.42. The van der Waals surface area contributed by atoms with Crippen molar-refractivity contribution in [2.45, 2.75) is 25.1 Å². The Bertz CT molecular complexity index is 1040. The van der Waals surface area contributed by atoms with Gasteiger partial charge in [0.1, 0.15) is 16.7 Å². The third-order valence-corrected chi connectivity index (χ3v) is 5.71. The van der Waals surface area contributed by atoms with Gasteiger partial charge in [0.05, 0.1) is 28.7 Å². The van der Waals surface area contributed by atoms with Crippen molar-refractivity contribution in [3.63, 3.8) is 0 Å². The van der Waals surface area contributed by atoms with Crippen LogP contribution < -0.4 is 10.6 Å². The number of carbonyl (C=O) groups is 2. The van der Waals surface area contributed by atoms with E-state index in [2.05, 4.69) is 15.6 Å². The van der Waals surface area contributed by atoms with E-state index >= 15 is 0 Å². The van der Waals surface area contributed by atoms with Gasteiger partial charge in [-0.3, -0.25) is 9.59 Å². The molecule has 0 bridgehead atoms. The van der Waals surface area contributed by atoms with E-state index in [1.165, 1.54) is 11.3 Å². The zero-order valence-electron chi connectivity index (χ0n) is 14.7. The summed E-state index contributed by atoms with van der Waals surface area (Å²) >= 11 is 7.79. The van der Waals surface area contributed by atoms with Crippen molar-refractivity contribution in [3.8, 4) is 11.1 Å². The van der Waals surface area contributed by atoms with Gasteiger partial charge in [-0.05, 0) is 23.3 Å². The Labute approximate surface area is 169 Å². The molecule has 2 amide bonds. The van der Waals surface area contributed by atoms with Crippen LogP contribution in [0.2, 0.25) is 5.02 Å². The molecule has 1 aliphatic rings. The third kappa shape index (κ3) is 4.31. The summed E-state index contributed by atoms with van der Waals surface area (Å²) in [4.78, 5) is 28.2. The Hall–Kier alpha value is -2.51. The van der Waals surface area contributed by atoms with Gasteiger partial charge >= 0.3 is 0 Å². The van der Waals surface area contributed by atoms with Crippen molar-refractivity contribution < 1.29 is 14.0 Å². The number of nitrogens with zero attached hydrogens (tertiary/aromatic N) is 1. The molecule has 1 aliphatic carbocycles. The summed E-state index contributed by atoms with van der Waals surface area (Å²) in [6.07, 6.45) is -0.566. The largest absolute Gasteiger partial charge is 0.349 e. The average molecular weight is 418 g/mol. The molecule has 3 aromatic rings. The molecule has 0 unspecified atom stereocenters. The van der Waals surface area contributed by atoms with Crippen molar-refractivity contribution in [1.29, 1.82) is 0 Å². The first-order valence-electron chi connectivity index (χ1n) is 8.84. The van der Waals surface area contributed by atoms with Gasteiger partial charge in [-0.1, -0.05) is 41.9 Å². The van der Waals surface area contributed by atoms with Crippen molar-refractivity contribution in [2.75, 3.05) is 6.54 Å². The molecule has 2 aromatic carbocycles. The molecule has 0 aliphatic heterocycles. The van der Waals surface area contributed by atoms with Crippen molar-refractivity contribution in [3.05, 3.63) is 52.5 Å². The highest BCUT2D eigenvalue weighted by molar-refractivity contribution is 7.18. The van der Waals surface area contributed by atoms with Gasteiger partial charge in [-0.25, -0.2) is 9.37 Å². The molecule has 0 spiro atoms. The van der Waals surface area contributed by atoms with Crippen LogP contribution in [0, 0.1) is 0 Å². The van der Waals surface area contributed by atoms with Crippen molar-refractivity contribution in [1.82, 2.24) is 15.6 Å². The molecule has 1 saturated carbocycles. The minimum absolute atomic E-state index is 0.0544. The fourth-order valence-corrected chi connectivity index (χ4v) is 4.21. The van der Waals surface area contributed by atoms with Crippen LogP contribution in [0.15, 0.2) is 42.5 Å². The van der Waals surface area contributed by atoms with Gasteiger partial charge in [0, 0.05) is 6.42 Å². The Morgan fingerprint density at radius 2 is 1.93 bits per heavy atom. The van der Waals surface area contributed by atoms with E-state index in [-0.39, 0.29) is 18.9 Å². The Kier molecular flexibility index (Phi) is 5.28. The van der Waals surface area contributed by atoms with E-state index in [1.54, 1.807) is 0 Å². The Morgan fingerprint density at radius 3 is 2.64 bits per heavy atom. The van der Waals surface area contributed by atoms with Crippen molar-refractivity contribution in [2.24, 2.45) is 0 Å². The van der Waals surface area contributed by atoms with Gasteiger partial charge < -0.3 is 10.6 Å². The summed E-state index contributed by atoms with van der Waals surface area (Å²) < 4.78 is 13.7. The van der Waals surface area contributed by atoms with Gasteiger partial charge in [0.2, 0.25) is 11.8 Å². The van der Waals surface area contributed by atoms with E-state index in [9.17, 15) is 14.0 Å². The minimum atomic E-state index is -0.965. The lowest BCUT2D eigenvalue weighted by atomic mass is 10.1. The second kappa shape index (κ2) is 7.85. The van der Waals surface area contributed by atoms with Crippen LogP contribution >= 0.6 is 22.9 Å². The molecular weight excluding hydrogens is 401 g/mol. The first-order valence-corrected chi connectivity index (χ1v) is 10.0. The first kappa shape index (κ1) is 18.8. The SMILES string of the molecule is O=C(Cc1nc2c(Cl)cc(-c3ccccc3)cc2s1)NCC(=O)N[C@H]1C[C@H]1F. The average Bonchev–Trinajstić information content (AvgIpc) is 3.20. The second-order valence-electron chi connectivity index (χ2n) is 6.66. The number of aromatic nitrogens is 1. The number of benzene rings is 2. The number of thiazole rings is 1.